The van der Waals surface area contributed by atoms with E-state index in [0.29, 0.717) is 5.92 Å². The van der Waals surface area contributed by atoms with Crippen LogP contribution in [0.15, 0.2) is 35.3 Å². The predicted octanol–water partition coefficient (Wildman–Crippen LogP) is 2.52. The van der Waals surface area contributed by atoms with E-state index in [2.05, 4.69) is 67.6 Å². The average molecular weight is 355 g/mol. The van der Waals surface area contributed by atoms with E-state index in [1.807, 2.05) is 7.05 Å². The zero-order valence-electron chi connectivity index (χ0n) is 15.9. The molecule has 26 heavy (non-hydrogen) atoms. The van der Waals surface area contributed by atoms with Crippen LogP contribution in [0, 0.1) is 0 Å². The summed E-state index contributed by atoms with van der Waals surface area (Å²) >= 11 is 0. The molecule has 1 aliphatic heterocycles. The Morgan fingerprint density at radius 2 is 2.00 bits per heavy atom. The number of nitrogens with one attached hydrogen (secondary N) is 2. The number of fused-ring (bicyclic) bond motifs is 1. The number of benzene rings is 1. The second-order valence-electron chi connectivity index (χ2n) is 6.94. The number of rotatable bonds is 6. The van der Waals surface area contributed by atoms with Gasteiger partial charge in [-0.15, -0.1) is 10.2 Å². The molecule has 6 nitrogen and oxygen atoms in total. The van der Waals surface area contributed by atoms with Gasteiger partial charge in [-0.2, -0.15) is 0 Å². The molecule has 1 aromatic heterocycles. The fourth-order valence-electron chi connectivity index (χ4n) is 3.39. The smallest absolute Gasteiger partial charge is 0.191 e. The van der Waals surface area contributed by atoms with Gasteiger partial charge in [-0.25, -0.2) is 0 Å². The fourth-order valence-corrected chi connectivity index (χ4v) is 3.39. The molecular formula is C20H30N6. The van der Waals surface area contributed by atoms with Crippen LogP contribution in [0.5, 0.6) is 0 Å². The molecule has 140 valence electrons. The number of guanidine groups is 1. The van der Waals surface area contributed by atoms with Crippen LogP contribution in [0.1, 0.15) is 49.3 Å². The van der Waals surface area contributed by atoms with Crippen LogP contribution in [0.3, 0.4) is 0 Å². The minimum Gasteiger partial charge on any atom is -0.356 e. The highest BCUT2D eigenvalue weighted by atomic mass is 15.3. The van der Waals surface area contributed by atoms with Crippen molar-refractivity contribution in [2.24, 2.45) is 4.99 Å². The molecule has 0 amide bonds. The highest BCUT2D eigenvalue weighted by molar-refractivity contribution is 5.79. The molecule has 3 rings (SSSR count). The summed E-state index contributed by atoms with van der Waals surface area (Å²) in [6, 6.07) is 10.6. The maximum Gasteiger partial charge on any atom is 0.191 e. The molecule has 1 unspecified atom stereocenters. The van der Waals surface area contributed by atoms with E-state index in [1.165, 1.54) is 24.8 Å². The number of hydrogen-bond acceptors (Lipinski definition) is 3. The second kappa shape index (κ2) is 9.36. The number of aliphatic imine (C=N–C) groups is 1. The maximum atomic E-state index is 4.39. The zero-order valence-corrected chi connectivity index (χ0v) is 15.9. The van der Waals surface area contributed by atoms with Gasteiger partial charge >= 0.3 is 0 Å². The first kappa shape index (κ1) is 18.4. The Morgan fingerprint density at radius 3 is 2.81 bits per heavy atom. The largest absolute Gasteiger partial charge is 0.356 e. The molecule has 2 heterocycles. The summed E-state index contributed by atoms with van der Waals surface area (Å²) in [6.07, 6.45) is 5.67. The predicted molar refractivity (Wildman–Crippen MR) is 106 cm³/mol. The zero-order chi connectivity index (χ0) is 18.2. The molecule has 0 fully saturated rings. The Bertz CT molecular complexity index is 706. The minimum atomic E-state index is 0.432. The molecule has 0 radical (unpaired) electrons. The van der Waals surface area contributed by atoms with E-state index < -0.39 is 0 Å². The van der Waals surface area contributed by atoms with Crippen LogP contribution in [-0.4, -0.2) is 40.9 Å². The van der Waals surface area contributed by atoms with Gasteiger partial charge in [0.2, 0.25) is 0 Å². The third-order valence-corrected chi connectivity index (χ3v) is 5.00. The Hall–Kier alpha value is -2.37. The lowest BCUT2D eigenvalue weighted by Gasteiger charge is -2.16. The first-order chi connectivity index (χ1) is 12.8. The van der Waals surface area contributed by atoms with Crippen molar-refractivity contribution in [3.63, 3.8) is 0 Å². The SMILES string of the molecule is CN=C(NCCc1nnc2n1CCCCC2)NCC(C)c1ccccc1. The summed E-state index contributed by atoms with van der Waals surface area (Å²) in [6.45, 7) is 4.93. The van der Waals surface area contributed by atoms with Gasteiger partial charge in [0, 0.05) is 39.5 Å². The Morgan fingerprint density at radius 1 is 1.15 bits per heavy atom. The molecule has 1 aliphatic rings. The quantitative estimate of drug-likeness (QED) is 0.618. The maximum absolute atomic E-state index is 4.39. The summed E-state index contributed by atoms with van der Waals surface area (Å²) < 4.78 is 2.31. The normalized spacial score (nSPS) is 15.8. The van der Waals surface area contributed by atoms with E-state index in [-0.39, 0.29) is 0 Å². The van der Waals surface area contributed by atoms with Crippen molar-refractivity contribution in [2.45, 2.75) is 51.5 Å². The lowest BCUT2D eigenvalue weighted by molar-refractivity contribution is 0.599. The summed E-state index contributed by atoms with van der Waals surface area (Å²) in [5.74, 6) is 3.50. The van der Waals surface area contributed by atoms with Crippen molar-refractivity contribution in [3.8, 4) is 0 Å². The lowest BCUT2D eigenvalue weighted by atomic mass is 10.0. The van der Waals surface area contributed by atoms with Gasteiger partial charge in [0.15, 0.2) is 5.96 Å². The van der Waals surface area contributed by atoms with E-state index in [1.54, 1.807) is 0 Å². The van der Waals surface area contributed by atoms with Crippen molar-refractivity contribution >= 4 is 5.96 Å². The summed E-state index contributed by atoms with van der Waals surface area (Å²) in [4.78, 5) is 4.33. The third-order valence-electron chi connectivity index (χ3n) is 5.00. The van der Waals surface area contributed by atoms with Crippen LogP contribution in [0.2, 0.25) is 0 Å². The van der Waals surface area contributed by atoms with Gasteiger partial charge in [-0.3, -0.25) is 4.99 Å². The third kappa shape index (κ3) is 4.84. The number of nitrogens with zero attached hydrogens (tertiary/aromatic N) is 4. The monoisotopic (exact) mass is 354 g/mol. The highest BCUT2D eigenvalue weighted by Crippen LogP contribution is 2.15. The molecule has 0 saturated carbocycles. The first-order valence-electron chi connectivity index (χ1n) is 9.68. The van der Waals surface area contributed by atoms with Crippen molar-refractivity contribution in [2.75, 3.05) is 20.1 Å². The molecule has 0 bridgehead atoms. The van der Waals surface area contributed by atoms with Crippen molar-refractivity contribution in [1.29, 1.82) is 0 Å². The second-order valence-corrected chi connectivity index (χ2v) is 6.94. The number of hydrogen-bond donors (Lipinski definition) is 2. The molecule has 0 aliphatic carbocycles. The van der Waals surface area contributed by atoms with E-state index in [4.69, 9.17) is 0 Å². The van der Waals surface area contributed by atoms with Gasteiger partial charge in [-0.1, -0.05) is 43.7 Å². The standard InChI is InChI=1S/C20H30N6/c1-16(17-9-5-3-6-10-17)15-23-20(21-2)22-13-12-19-25-24-18-11-7-4-8-14-26(18)19/h3,5-6,9-10,16H,4,7-8,11-15H2,1-2H3,(H2,21,22,23). The van der Waals surface area contributed by atoms with Gasteiger partial charge < -0.3 is 15.2 Å². The summed E-state index contributed by atoms with van der Waals surface area (Å²) in [5.41, 5.74) is 1.33. The molecule has 0 saturated heterocycles. The average Bonchev–Trinajstić information content (AvgIpc) is 2.91. The van der Waals surface area contributed by atoms with Crippen LogP contribution in [0.4, 0.5) is 0 Å². The molecule has 2 N–H and O–H groups in total. The van der Waals surface area contributed by atoms with Crippen molar-refractivity contribution in [1.82, 2.24) is 25.4 Å². The van der Waals surface area contributed by atoms with E-state index in [9.17, 15) is 0 Å². The van der Waals surface area contributed by atoms with E-state index in [0.717, 1.165) is 50.1 Å². The Kier molecular flexibility index (Phi) is 6.63. The molecule has 1 atom stereocenters. The van der Waals surface area contributed by atoms with Crippen LogP contribution in [-0.2, 0) is 19.4 Å². The van der Waals surface area contributed by atoms with Gasteiger partial charge in [-0.05, 0) is 24.3 Å². The topological polar surface area (TPSA) is 67.1 Å². The molecule has 6 heteroatoms. The minimum absolute atomic E-state index is 0.432. The van der Waals surface area contributed by atoms with Crippen LogP contribution < -0.4 is 10.6 Å². The van der Waals surface area contributed by atoms with E-state index >= 15 is 0 Å². The summed E-state index contributed by atoms with van der Waals surface area (Å²) in [5, 5.41) is 15.6. The number of aromatic nitrogens is 3. The highest BCUT2D eigenvalue weighted by Gasteiger charge is 2.14. The van der Waals surface area contributed by atoms with Gasteiger partial charge in [0.1, 0.15) is 11.6 Å². The number of aryl methyl sites for hydroxylation is 1. The lowest BCUT2D eigenvalue weighted by Crippen LogP contribution is -2.40. The van der Waals surface area contributed by atoms with Crippen molar-refractivity contribution < 1.29 is 0 Å². The van der Waals surface area contributed by atoms with Gasteiger partial charge in [0.05, 0.1) is 0 Å². The van der Waals surface area contributed by atoms with Gasteiger partial charge in [0.25, 0.3) is 0 Å². The Labute approximate surface area is 156 Å². The summed E-state index contributed by atoms with van der Waals surface area (Å²) in [7, 11) is 1.81. The Balaban J connectivity index is 1.45. The molecule has 0 spiro atoms. The van der Waals surface area contributed by atoms with Crippen LogP contribution >= 0.6 is 0 Å². The van der Waals surface area contributed by atoms with Crippen LogP contribution in [0.25, 0.3) is 0 Å². The fraction of sp³-hybridized carbons (Fsp3) is 0.550. The molecule has 1 aromatic carbocycles. The molecule has 2 aromatic rings. The molecular weight excluding hydrogens is 324 g/mol. The first-order valence-corrected chi connectivity index (χ1v) is 9.68. The van der Waals surface area contributed by atoms with Crippen molar-refractivity contribution in [3.05, 3.63) is 47.5 Å².